The Morgan fingerprint density at radius 1 is 1.38 bits per heavy atom. The molecule has 0 aliphatic carbocycles. The average Bonchev–Trinajstić information content (AvgIpc) is 3.00. The van der Waals surface area contributed by atoms with Gasteiger partial charge in [0.15, 0.2) is 5.82 Å². The first-order valence-corrected chi connectivity index (χ1v) is 8.17. The first-order chi connectivity index (χ1) is 11.5. The maximum Gasteiger partial charge on any atom is 0.223 e. The van der Waals surface area contributed by atoms with Crippen molar-refractivity contribution in [3.05, 3.63) is 47.0 Å². The van der Waals surface area contributed by atoms with E-state index in [1.165, 1.54) is 12.1 Å². The van der Waals surface area contributed by atoms with E-state index in [0.717, 1.165) is 31.2 Å². The number of hydrogen-bond donors (Lipinski definition) is 1. The number of nitrogens with one attached hydrogen (secondary N) is 1. The lowest BCUT2D eigenvalue weighted by Gasteiger charge is -2.34. The predicted molar refractivity (Wildman–Crippen MR) is 84.1 cm³/mol. The molecule has 0 bridgehead atoms. The highest BCUT2D eigenvalue weighted by Gasteiger charge is 2.30. The van der Waals surface area contributed by atoms with Crippen LogP contribution >= 0.6 is 0 Å². The fraction of sp³-hybridized carbons (Fsp3) is 0.471. The van der Waals surface area contributed by atoms with Crippen molar-refractivity contribution in [1.29, 1.82) is 0 Å². The molecule has 128 valence electrons. The lowest BCUT2D eigenvalue weighted by Crippen LogP contribution is -2.39. The number of nitrogens with zero attached hydrogens (tertiary/aromatic N) is 3. The Labute approximate surface area is 139 Å². The number of carbonyl (C=O) groups is 1. The van der Waals surface area contributed by atoms with Gasteiger partial charge in [-0.3, -0.25) is 9.89 Å². The lowest BCUT2D eigenvalue weighted by molar-refractivity contribution is -0.135. The van der Waals surface area contributed by atoms with E-state index in [-0.39, 0.29) is 24.8 Å². The van der Waals surface area contributed by atoms with Gasteiger partial charge in [0, 0.05) is 19.0 Å². The largest absolute Gasteiger partial charge is 0.332 e. The molecule has 3 rings (SSSR count). The zero-order chi connectivity index (χ0) is 17.1. The predicted octanol–water partition coefficient (Wildman–Crippen LogP) is 3.08. The zero-order valence-electron chi connectivity index (χ0n) is 13.6. The van der Waals surface area contributed by atoms with Crippen LogP contribution in [0.5, 0.6) is 0 Å². The molecule has 1 aliphatic rings. The van der Waals surface area contributed by atoms with Gasteiger partial charge in [0.2, 0.25) is 5.91 Å². The van der Waals surface area contributed by atoms with Crippen molar-refractivity contribution in [1.82, 2.24) is 20.1 Å². The third kappa shape index (κ3) is 3.60. The van der Waals surface area contributed by atoms with Gasteiger partial charge in [-0.25, -0.2) is 13.8 Å². The quantitative estimate of drug-likeness (QED) is 0.935. The maximum absolute atomic E-state index is 13.7. The minimum absolute atomic E-state index is 0.0501. The van der Waals surface area contributed by atoms with E-state index >= 15 is 0 Å². The van der Waals surface area contributed by atoms with Crippen LogP contribution in [-0.2, 0) is 11.2 Å². The van der Waals surface area contributed by atoms with E-state index < -0.39 is 11.6 Å². The molecule has 5 nitrogen and oxygen atoms in total. The summed E-state index contributed by atoms with van der Waals surface area (Å²) in [4.78, 5) is 18.7. The molecule has 1 saturated heterocycles. The van der Waals surface area contributed by atoms with Crippen molar-refractivity contribution in [2.45, 2.75) is 45.1 Å². The van der Waals surface area contributed by atoms with E-state index in [0.29, 0.717) is 17.9 Å². The topological polar surface area (TPSA) is 61.9 Å². The number of aromatic nitrogens is 3. The van der Waals surface area contributed by atoms with Gasteiger partial charge in [-0.05, 0) is 44.2 Å². The molecule has 1 aromatic carbocycles. The summed E-state index contributed by atoms with van der Waals surface area (Å²) in [5, 5.41) is 6.99. The van der Waals surface area contributed by atoms with Gasteiger partial charge >= 0.3 is 0 Å². The molecule has 24 heavy (non-hydrogen) atoms. The van der Waals surface area contributed by atoms with E-state index in [4.69, 9.17) is 0 Å². The number of amides is 1. The third-order valence-electron chi connectivity index (χ3n) is 4.36. The second kappa shape index (κ2) is 7.07. The molecule has 1 amide bonds. The summed E-state index contributed by atoms with van der Waals surface area (Å²) >= 11 is 0. The SMILES string of the molecule is Cc1nc([C@@H]2CCCCN2C(=O)CCc2ccc(F)cc2F)n[nH]1. The van der Waals surface area contributed by atoms with Gasteiger partial charge in [0.1, 0.15) is 17.5 Å². The molecule has 2 aromatic rings. The van der Waals surface area contributed by atoms with Crippen LogP contribution in [-0.4, -0.2) is 32.5 Å². The number of H-pyrrole nitrogens is 1. The Hall–Kier alpha value is -2.31. The van der Waals surface area contributed by atoms with Gasteiger partial charge in [-0.1, -0.05) is 6.07 Å². The molecular formula is C17H20F2N4O. The van der Waals surface area contributed by atoms with E-state index in [1.54, 1.807) is 4.90 Å². The summed E-state index contributed by atoms with van der Waals surface area (Å²) < 4.78 is 26.6. The number of carbonyl (C=O) groups excluding carboxylic acids is 1. The Kier molecular flexibility index (Phi) is 4.87. The van der Waals surface area contributed by atoms with Crippen molar-refractivity contribution in [3.8, 4) is 0 Å². The number of aromatic amines is 1. The zero-order valence-corrected chi connectivity index (χ0v) is 13.6. The first-order valence-electron chi connectivity index (χ1n) is 8.17. The highest BCUT2D eigenvalue weighted by molar-refractivity contribution is 5.77. The molecule has 1 fully saturated rings. The van der Waals surface area contributed by atoms with Crippen LogP contribution in [0, 0.1) is 18.6 Å². The molecule has 1 atom stereocenters. The van der Waals surface area contributed by atoms with Crippen LogP contribution in [0.4, 0.5) is 8.78 Å². The molecule has 1 aromatic heterocycles. The standard InChI is InChI=1S/C17H20F2N4O/c1-11-20-17(22-21-11)15-4-2-3-9-23(15)16(24)8-6-12-5-7-13(18)10-14(12)19/h5,7,10,15H,2-4,6,8-9H2,1H3,(H,20,21,22)/t15-/m0/s1. The van der Waals surface area contributed by atoms with Crippen molar-refractivity contribution in [3.63, 3.8) is 0 Å². The van der Waals surface area contributed by atoms with Crippen LogP contribution in [0.2, 0.25) is 0 Å². The molecule has 1 aliphatic heterocycles. The molecule has 0 spiro atoms. The smallest absolute Gasteiger partial charge is 0.223 e. The van der Waals surface area contributed by atoms with Crippen LogP contribution in [0.3, 0.4) is 0 Å². The monoisotopic (exact) mass is 334 g/mol. The second-order valence-electron chi connectivity index (χ2n) is 6.11. The summed E-state index contributed by atoms with van der Waals surface area (Å²) in [6, 6.07) is 3.32. The fourth-order valence-corrected chi connectivity index (χ4v) is 3.12. The van der Waals surface area contributed by atoms with Gasteiger partial charge in [-0.2, -0.15) is 5.10 Å². The number of aryl methyl sites for hydroxylation is 2. The molecular weight excluding hydrogens is 314 g/mol. The van der Waals surface area contributed by atoms with E-state index in [2.05, 4.69) is 15.2 Å². The van der Waals surface area contributed by atoms with Gasteiger partial charge in [0.25, 0.3) is 0 Å². The van der Waals surface area contributed by atoms with Gasteiger partial charge in [0.05, 0.1) is 6.04 Å². The Morgan fingerprint density at radius 3 is 2.92 bits per heavy atom. The van der Waals surface area contributed by atoms with Crippen molar-refractivity contribution in [2.24, 2.45) is 0 Å². The second-order valence-corrected chi connectivity index (χ2v) is 6.11. The number of benzene rings is 1. The molecule has 0 radical (unpaired) electrons. The number of halogens is 2. The highest BCUT2D eigenvalue weighted by atomic mass is 19.1. The third-order valence-corrected chi connectivity index (χ3v) is 4.36. The summed E-state index contributed by atoms with van der Waals surface area (Å²) in [5.41, 5.74) is 0.354. The van der Waals surface area contributed by atoms with Crippen LogP contribution in [0.25, 0.3) is 0 Å². The Morgan fingerprint density at radius 2 is 2.21 bits per heavy atom. The number of piperidine rings is 1. The number of hydrogen-bond acceptors (Lipinski definition) is 3. The van der Waals surface area contributed by atoms with Gasteiger partial charge < -0.3 is 4.90 Å². The maximum atomic E-state index is 13.7. The van der Waals surface area contributed by atoms with Gasteiger partial charge in [-0.15, -0.1) is 0 Å². The minimum atomic E-state index is -0.612. The Balaban J connectivity index is 1.68. The summed E-state index contributed by atoms with van der Waals surface area (Å²) in [6.45, 7) is 2.48. The molecule has 2 heterocycles. The van der Waals surface area contributed by atoms with Crippen LogP contribution < -0.4 is 0 Å². The van der Waals surface area contributed by atoms with Crippen molar-refractivity contribution in [2.75, 3.05) is 6.54 Å². The molecule has 0 saturated carbocycles. The minimum Gasteiger partial charge on any atom is -0.332 e. The lowest BCUT2D eigenvalue weighted by atomic mass is 10.00. The van der Waals surface area contributed by atoms with Crippen molar-refractivity contribution >= 4 is 5.91 Å². The number of rotatable bonds is 4. The summed E-state index contributed by atoms with van der Waals surface area (Å²) in [6.07, 6.45) is 3.22. The highest BCUT2D eigenvalue weighted by Crippen LogP contribution is 2.29. The fourth-order valence-electron chi connectivity index (χ4n) is 3.12. The van der Waals surface area contributed by atoms with E-state index in [9.17, 15) is 13.6 Å². The summed E-state index contributed by atoms with van der Waals surface area (Å²) in [5.74, 6) is 0.0805. The van der Waals surface area contributed by atoms with Crippen LogP contribution in [0.15, 0.2) is 18.2 Å². The van der Waals surface area contributed by atoms with E-state index in [1.807, 2.05) is 6.92 Å². The molecule has 0 unspecified atom stereocenters. The molecule has 1 N–H and O–H groups in total. The average molecular weight is 334 g/mol. The van der Waals surface area contributed by atoms with Crippen LogP contribution in [0.1, 0.15) is 48.9 Å². The summed E-state index contributed by atoms with van der Waals surface area (Å²) in [7, 11) is 0. The van der Waals surface area contributed by atoms with Crippen molar-refractivity contribution < 1.29 is 13.6 Å². The normalized spacial score (nSPS) is 18.0. The first kappa shape index (κ1) is 16.5. The Bertz CT molecular complexity index is 731. The number of likely N-dealkylation sites (tertiary alicyclic amines) is 1. The molecule has 7 heteroatoms.